The summed E-state index contributed by atoms with van der Waals surface area (Å²) in [6.45, 7) is 6.05. The van der Waals surface area contributed by atoms with Crippen LogP contribution < -0.4 is 9.64 Å². The van der Waals surface area contributed by atoms with Gasteiger partial charge in [-0.05, 0) is 12.8 Å². The number of fused-ring (bicyclic) bond motifs is 1. The number of methoxy groups -OCH3 is 1. The van der Waals surface area contributed by atoms with E-state index in [9.17, 15) is 0 Å². The minimum absolute atomic E-state index is 0.342. The van der Waals surface area contributed by atoms with E-state index in [1.807, 2.05) is 6.07 Å². The van der Waals surface area contributed by atoms with Crippen molar-refractivity contribution in [3.8, 4) is 6.01 Å². The zero-order valence-corrected chi connectivity index (χ0v) is 13.6. The molecule has 22 heavy (non-hydrogen) atoms. The lowest BCUT2D eigenvalue weighted by Gasteiger charge is -2.41. The lowest BCUT2D eigenvalue weighted by molar-refractivity contribution is 0.00803. The molecule has 0 radical (unpaired) electrons. The molecule has 4 heterocycles. The molecule has 0 aromatic carbocycles. The van der Waals surface area contributed by atoms with Crippen molar-refractivity contribution in [2.24, 2.45) is 5.41 Å². The number of aromatic nitrogens is 2. The van der Waals surface area contributed by atoms with E-state index < -0.39 is 0 Å². The first-order valence-corrected chi connectivity index (χ1v) is 8.21. The summed E-state index contributed by atoms with van der Waals surface area (Å²) in [5, 5.41) is 0.438. The fraction of sp³-hybridized carbons (Fsp3) is 0.733. The molecular weight excluding hydrogens is 304 g/mol. The van der Waals surface area contributed by atoms with Crippen LogP contribution >= 0.6 is 11.6 Å². The lowest BCUT2D eigenvalue weighted by atomic mass is 9.70. The van der Waals surface area contributed by atoms with Gasteiger partial charge in [-0.2, -0.15) is 9.97 Å². The van der Waals surface area contributed by atoms with Crippen LogP contribution in [0, 0.1) is 5.41 Å². The first kappa shape index (κ1) is 14.5. The molecule has 5 rings (SSSR count). The molecule has 0 amide bonds. The monoisotopic (exact) mass is 324 g/mol. The Balaban J connectivity index is 1.47. The van der Waals surface area contributed by atoms with E-state index in [4.69, 9.17) is 21.1 Å². The summed E-state index contributed by atoms with van der Waals surface area (Å²) in [4.78, 5) is 13.4. The predicted molar refractivity (Wildman–Crippen MR) is 83.7 cm³/mol. The van der Waals surface area contributed by atoms with Gasteiger partial charge in [-0.3, -0.25) is 4.90 Å². The van der Waals surface area contributed by atoms with Gasteiger partial charge in [-0.1, -0.05) is 11.6 Å². The van der Waals surface area contributed by atoms with Gasteiger partial charge in [-0.25, -0.2) is 0 Å². The van der Waals surface area contributed by atoms with Gasteiger partial charge in [0.05, 0.1) is 20.3 Å². The highest BCUT2D eigenvalue weighted by Crippen LogP contribution is 2.53. The van der Waals surface area contributed by atoms with E-state index in [-0.39, 0.29) is 0 Å². The Morgan fingerprint density at radius 3 is 2.86 bits per heavy atom. The second-order valence-electron chi connectivity index (χ2n) is 6.61. The fourth-order valence-corrected chi connectivity index (χ4v) is 4.25. The van der Waals surface area contributed by atoms with E-state index in [1.165, 1.54) is 19.4 Å². The van der Waals surface area contributed by atoms with Gasteiger partial charge in [-0.15, -0.1) is 0 Å². The molecular formula is C15H21ClN4O2. The molecule has 4 aliphatic rings. The number of nitrogens with zero attached hydrogens (tertiary/aromatic N) is 4. The molecule has 1 aromatic rings. The van der Waals surface area contributed by atoms with Gasteiger partial charge >= 0.3 is 6.01 Å². The molecule has 0 atom stereocenters. The molecule has 2 bridgehead atoms. The summed E-state index contributed by atoms with van der Waals surface area (Å²) < 4.78 is 10.6. The number of rotatable bonds is 4. The first-order valence-electron chi connectivity index (χ1n) is 7.83. The third-order valence-corrected chi connectivity index (χ3v) is 5.28. The van der Waals surface area contributed by atoms with Crippen LogP contribution in [0.4, 0.5) is 5.82 Å². The van der Waals surface area contributed by atoms with Gasteiger partial charge < -0.3 is 14.4 Å². The average molecular weight is 325 g/mol. The van der Waals surface area contributed by atoms with Crippen molar-refractivity contribution >= 4 is 17.4 Å². The van der Waals surface area contributed by atoms with Crippen molar-refractivity contribution in [1.82, 2.24) is 14.9 Å². The Morgan fingerprint density at radius 2 is 2.14 bits per heavy atom. The highest BCUT2D eigenvalue weighted by atomic mass is 35.5. The Hall–Kier alpha value is -1.11. The van der Waals surface area contributed by atoms with E-state index >= 15 is 0 Å². The quantitative estimate of drug-likeness (QED) is 0.781. The smallest absolute Gasteiger partial charge is 0.319 e. The van der Waals surface area contributed by atoms with E-state index in [0.717, 1.165) is 38.7 Å². The summed E-state index contributed by atoms with van der Waals surface area (Å²) in [5.41, 5.74) is 0.409. The van der Waals surface area contributed by atoms with Gasteiger partial charge in [0.25, 0.3) is 0 Å². The molecule has 4 fully saturated rings. The molecule has 3 saturated heterocycles. The zero-order chi connectivity index (χ0) is 15.2. The summed E-state index contributed by atoms with van der Waals surface area (Å²) in [6, 6.07) is 2.76. The van der Waals surface area contributed by atoms with Crippen molar-refractivity contribution in [2.45, 2.75) is 18.9 Å². The highest BCUT2D eigenvalue weighted by Gasteiger charge is 2.56. The zero-order valence-electron chi connectivity index (χ0n) is 12.8. The summed E-state index contributed by atoms with van der Waals surface area (Å²) in [5.74, 6) is 0.892. The summed E-state index contributed by atoms with van der Waals surface area (Å²) >= 11 is 6.08. The maximum Gasteiger partial charge on any atom is 0.319 e. The number of anilines is 1. The van der Waals surface area contributed by atoms with Gasteiger partial charge in [0.1, 0.15) is 11.0 Å². The number of hydrogen-bond acceptors (Lipinski definition) is 6. The third-order valence-electron chi connectivity index (χ3n) is 5.08. The van der Waals surface area contributed by atoms with Crippen molar-refractivity contribution in [2.75, 3.05) is 51.4 Å². The first-order chi connectivity index (χ1) is 10.7. The Bertz CT molecular complexity index is 558. The van der Waals surface area contributed by atoms with Crippen molar-refractivity contribution in [1.29, 1.82) is 0 Å². The van der Waals surface area contributed by atoms with Gasteiger partial charge in [0.2, 0.25) is 0 Å². The van der Waals surface area contributed by atoms with Gasteiger partial charge in [0, 0.05) is 43.7 Å². The average Bonchev–Trinajstić information content (AvgIpc) is 3.03. The highest BCUT2D eigenvalue weighted by molar-refractivity contribution is 6.29. The Morgan fingerprint density at radius 1 is 1.36 bits per heavy atom. The molecule has 3 aliphatic heterocycles. The normalized spacial score (nSPS) is 31.2. The van der Waals surface area contributed by atoms with E-state index in [0.29, 0.717) is 22.6 Å². The molecule has 0 spiro atoms. The maximum atomic E-state index is 6.08. The number of hydrogen-bond donors (Lipinski definition) is 0. The Kier molecular flexibility index (Phi) is 3.63. The Labute approximate surface area is 135 Å². The minimum Gasteiger partial charge on any atom is -0.467 e. The van der Waals surface area contributed by atoms with E-state index in [2.05, 4.69) is 19.8 Å². The van der Waals surface area contributed by atoms with Crippen LogP contribution in [0.3, 0.4) is 0 Å². The standard InChI is InChI=1S/C15H21ClN4O2/c1-21-14-17-12(16)6-13(18-14)20-10-15(7-11(20)8-15)9-19-2-4-22-5-3-19/h6,11H,2-5,7-10H2,1H3. The largest absolute Gasteiger partial charge is 0.467 e. The molecule has 0 N–H and O–H groups in total. The lowest BCUT2D eigenvalue weighted by Crippen LogP contribution is -2.47. The summed E-state index contributed by atoms with van der Waals surface area (Å²) in [7, 11) is 1.57. The molecule has 1 aromatic heterocycles. The van der Waals surface area contributed by atoms with Crippen LogP contribution in [0.25, 0.3) is 0 Å². The van der Waals surface area contributed by atoms with Crippen LogP contribution in [-0.2, 0) is 4.74 Å². The maximum absolute atomic E-state index is 6.08. The van der Waals surface area contributed by atoms with Crippen LogP contribution in [0.5, 0.6) is 6.01 Å². The van der Waals surface area contributed by atoms with Crippen LogP contribution in [0.15, 0.2) is 6.07 Å². The van der Waals surface area contributed by atoms with Crippen molar-refractivity contribution in [3.05, 3.63) is 11.2 Å². The minimum atomic E-state index is 0.342. The fourth-order valence-electron chi connectivity index (χ4n) is 4.08. The second-order valence-corrected chi connectivity index (χ2v) is 7.00. The predicted octanol–water partition coefficient (Wildman–Crippen LogP) is 1.44. The van der Waals surface area contributed by atoms with E-state index in [1.54, 1.807) is 7.11 Å². The van der Waals surface area contributed by atoms with Crippen LogP contribution in [0.2, 0.25) is 5.15 Å². The number of morpholine rings is 1. The topological polar surface area (TPSA) is 50.7 Å². The molecule has 0 unspecified atom stereocenters. The molecule has 120 valence electrons. The van der Waals surface area contributed by atoms with Crippen molar-refractivity contribution < 1.29 is 9.47 Å². The summed E-state index contributed by atoms with van der Waals surface area (Å²) in [6.07, 6.45) is 2.49. The van der Waals surface area contributed by atoms with Crippen LogP contribution in [0.1, 0.15) is 12.8 Å². The van der Waals surface area contributed by atoms with Crippen LogP contribution in [-0.4, -0.2) is 67.4 Å². The van der Waals surface area contributed by atoms with Crippen molar-refractivity contribution in [3.63, 3.8) is 0 Å². The number of ether oxygens (including phenoxy) is 2. The molecule has 7 heteroatoms. The third kappa shape index (κ3) is 2.53. The molecule has 1 saturated carbocycles. The van der Waals surface area contributed by atoms with Gasteiger partial charge in [0.15, 0.2) is 0 Å². The second kappa shape index (κ2) is 5.51. The molecule has 6 nitrogen and oxygen atoms in total. The number of halogens is 1. The SMILES string of the molecule is COc1nc(Cl)cc(N2CC3(CN4CCOCC4)CC2C3)n1. The molecule has 1 aliphatic carbocycles.